The van der Waals surface area contributed by atoms with Gasteiger partial charge in [-0.1, -0.05) is 11.6 Å². The van der Waals surface area contributed by atoms with Crippen LogP contribution in [0.25, 0.3) is 0 Å². The number of hydrogen-bond donors (Lipinski definition) is 0. The Hall–Kier alpha value is -1.62. The number of carbonyl (C=O) groups excluding carboxylic acids is 2. The second-order valence-corrected chi connectivity index (χ2v) is 5.02. The van der Waals surface area contributed by atoms with Crippen molar-refractivity contribution >= 4 is 23.5 Å². The third-order valence-corrected chi connectivity index (χ3v) is 3.52. The van der Waals surface area contributed by atoms with E-state index in [1.807, 2.05) is 0 Å². The minimum absolute atomic E-state index is 0.202. The standard InChI is InChI=1S/C14H17ClN2O3/c1-2-20-14(19)11-5-3-4-8-17(11)13(18)10-6-7-12(15)16-9-10/h6-7,9,11H,2-5,8H2,1H3. The number of esters is 1. The third-order valence-electron chi connectivity index (χ3n) is 3.30. The van der Waals surface area contributed by atoms with Gasteiger partial charge in [-0.3, -0.25) is 4.79 Å². The van der Waals surface area contributed by atoms with E-state index in [-0.39, 0.29) is 11.9 Å². The first-order chi connectivity index (χ1) is 9.63. The van der Waals surface area contributed by atoms with E-state index in [1.54, 1.807) is 24.0 Å². The average molecular weight is 297 g/mol. The lowest BCUT2D eigenvalue weighted by Crippen LogP contribution is -2.48. The lowest BCUT2D eigenvalue weighted by molar-refractivity contribution is -0.149. The summed E-state index contributed by atoms with van der Waals surface area (Å²) in [6.45, 7) is 2.64. The molecule has 1 atom stereocenters. The number of hydrogen-bond acceptors (Lipinski definition) is 4. The number of halogens is 1. The minimum Gasteiger partial charge on any atom is -0.464 e. The number of pyridine rings is 1. The van der Waals surface area contributed by atoms with Crippen LogP contribution in [0.4, 0.5) is 0 Å². The predicted molar refractivity (Wildman–Crippen MR) is 74.6 cm³/mol. The number of ether oxygens (including phenoxy) is 1. The molecule has 6 heteroatoms. The smallest absolute Gasteiger partial charge is 0.328 e. The summed E-state index contributed by atoms with van der Waals surface area (Å²) in [5, 5.41) is 0.335. The van der Waals surface area contributed by atoms with E-state index in [0.29, 0.717) is 30.3 Å². The van der Waals surface area contributed by atoms with Crippen molar-refractivity contribution in [2.75, 3.05) is 13.2 Å². The van der Waals surface area contributed by atoms with Crippen molar-refractivity contribution in [1.82, 2.24) is 9.88 Å². The molecule has 20 heavy (non-hydrogen) atoms. The number of likely N-dealkylation sites (tertiary alicyclic amines) is 1. The van der Waals surface area contributed by atoms with Crippen LogP contribution in [-0.4, -0.2) is 41.0 Å². The number of piperidine rings is 1. The Kier molecular flexibility index (Phi) is 4.95. The molecule has 108 valence electrons. The fourth-order valence-corrected chi connectivity index (χ4v) is 2.44. The molecule has 0 saturated carbocycles. The maximum Gasteiger partial charge on any atom is 0.328 e. The summed E-state index contributed by atoms with van der Waals surface area (Å²) >= 11 is 5.71. The Bertz CT molecular complexity index is 490. The lowest BCUT2D eigenvalue weighted by atomic mass is 10.0. The molecule has 0 bridgehead atoms. The number of carbonyl (C=O) groups is 2. The van der Waals surface area contributed by atoms with Gasteiger partial charge in [0.1, 0.15) is 11.2 Å². The van der Waals surface area contributed by atoms with Crippen LogP contribution in [0.3, 0.4) is 0 Å². The topological polar surface area (TPSA) is 59.5 Å². The molecule has 0 spiro atoms. The number of amides is 1. The molecule has 1 aliphatic rings. The van der Waals surface area contributed by atoms with Gasteiger partial charge in [-0.25, -0.2) is 9.78 Å². The fraction of sp³-hybridized carbons (Fsp3) is 0.500. The van der Waals surface area contributed by atoms with Crippen LogP contribution in [0.2, 0.25) is 5.15 Å². The Morgan fingerprint density at radius 2 is 2.25 bits per heavy atom. The lowest BCUT2D eigenvalue weighted by Gasteiger charge is -2.34. The van der Waals surface area contributed by atoms with Gasteiger partial charge in [-0.15, -0.1) is 0 Å². The van der Waals surface area contributed by atoms with Crippen LogP contribution in [0.15, 0.2) is 18.3 Å². The van der Waals surface area contributed by atoms with Crippen molar-refractivity contribution in [3.8, 4) is 0 Å². The summed E-state index contributed by atoms with van der Waals surface area (Å²) < 4.78 is 5.05. The quantitative estimate of drug-likeness (QED) is 0.634. The highest BCUT2D eigenvalue weighted by atomic mass is 35.5. The maximum atomic E-state index is 12.5. The SMILES string of the molecule is CCOC(=O)C1CCCCN1C(=O)c1ccc(Cl)nc1. The molecule has 1 amide bonds. The Balaban J connectivity index is 2.16. The molecular weight excluding hydrogens is 280 g/mol. The highest BCUT2D eigenvalue weighted by Crippen LogP contribution is 2.21. The zero-order chi connectivity index (χ0) is 14.5. The van der Waals surface area contributed by atoms with Gasteiger partial charge < -0.3 is 9.64 Å². The Morgan fingerprint density at radius 3 is 2.90 bits per heavy atom. The molecule has 0 radical (unpaired) electrons. The van der Waals surface area contributed by atoms with Gasteiger partial charge in [0, 0.05) is 12.7 Å². The van der Waals surface area contributed by atoms with E-state index in [2.05, 4.69) is 4.98 Å². The highest BCUT2D eigenvalue weighted by Gasteiger charge is 2.33. The van der Waals surface area contributed by atoms with Gasteiger partial charge in [-0.05, 0) is 38.3 Å². The van der Waals surface area contributed by atoms with Gasteiger partial charge in [-0.2, -0.15) is 0 Å². The summed E-state index contributed by atoms with van der Waals surface area (Å²) in [6.07, 6.45) is 3.89. The van der Waals surface area contributed by atoms with E-state index in [4.69, 9.17) is 16.3 Å². The van der Waals surface area contributed by atoms with Gasteiger partial charge in [0.25, 0.3) is 5.91 Å². The van der Waals surface area contributed by atoms with Crippen molar-refractivity contribution in [2.24, 2.45) is 0 Å². The molecule has 0 aliphatic carbocycles. The van der Waals surface area contributed by atoms with Crippen molar-refractivity contribution in [2.45, 2.75) is 32.2 Å². The zero-order valence-electron chi connectivity index (χ0n) is 11.3. The normalized spacial score (nSPS) is 18.7. The molecule has 0 N–H and O–H groups in total. The molecular formula is C14H17ClN2O3. The molecule has 1 aliphatic heterocycles. The molecule has 1 unspecified atom stereocenters. The van der Waals surface area contributed by atoms with Crippen LogP contribution in [0, 0.1) is 0 Å². The van der Waals surface area contributed by atoms with Crippen molar-refractivity contribution in [1.29, 1.82) is 0 Å². The van der Waals surface area contributed by atoms with Gasteiger partial charge in [0.15, 0.2) is 0 Å². The van der Waals surface area contributed by atoms with Gasteiger partial charge >= 0.3 is 5.97 Å². The van der Waals surface area contributed by atoms with Crippen LogP contribution >= 0.6 is 11.6 Å². The fourth-order valence-electron chi connectivity index (χ4n) is 2.33. The first-order valence-electron chi connectivity index (χ1n) is 6.72. The first-order valence-corrected chi connectivity index (χ1v) is 7.10. The summed E-state index contributed by atoms with van der Waals surface area (Å²) in [5.74, 6) is -0.533. The zero-order valence-corrected chi connectivity index (χ0v) is 12.1. The summed E-state index contributed by atoms with van der Waals surface area (Å²) in [5.41, 5.74) is 0.436. The average Bonchev–Trinajstić information content (AvgIpc) is 2.47. The van der Waals surface area contributed by atoms with Crippen LogP contribution in [0.5, 0.6) is 0 Å². The molecule has 5 nitrogen and oxygen atoms in total. The van der Waals surface area contributed by atoms with Crippen molar-refractivity contribution in [3.05, 3.63) is 29.0 Å². The predicted octanol–water partition coefficient (Wildman–Crippen LogP) is 2.29. The van der Waals surface area contributed by atoms with Crippen molar-refractivity contribution < 1.29 is 14.3 Å². The molecule has 1 fully saturated rings. The first kappa shape index (κ1) is 14.8. The Labute approximate surface area is 122 Å². The van der Waals surface area contributed by atoms with Crippen molar-refractivity contribution in [3.63, 3.8) is 0 Å². The number of rotatable bonds is 3. The molecule has 1 saturated heterocycles. The van der Waals surface area contributed by atoms with E-state index >= 15 is 0 Å². The van der Waals surface area contributed by atoms with Crippen LogP contribution in [0.1, 0.15) is 36.5 Å². The number of aromatic nitrogens is 1. The minimum atomic E-state index is -0.494. The van der Waals surface area contributed by atoms with E-state index in [1.165, 1.54) is 6.20 Å². The molecule has 2 rings (SSSR count). The van der Waals surface area contributed by atoms with Crippen LogP contribution < -0.4 is 0 Å². The second-order valence-electron chi connectivity index (χ2n) is 4.63. The molecule has 0 aromatic carbocycles. The monoisotopic (exact) mass is 296 g/mol. The molecule has 1 aromatic heterocycles. The summed E-state index contributed by atoms with van der Waals surface area (Å²) in [7, 11) is 0. The summed E-state index contributed by atoms with van der Waals surface area (Å²) in [4.78, 5) is 29.9. The van der Waals surface area contributed by atoms with E-state index in [9.17, 15) is 9.59 Å². The van der Waals surface area contributed by atoms with Gasteiger partial charge in [0.05, 0.1) is 12.2 Å². The Morgan fingerprint density at radius 1 is 1.45 bits per heavy atom. The molecule has 2 heterocycles. The number of nitrogens with zero attached hydrogens (tertiary/aromatic N) is 2. The maximum absolute atomic E-state index is 12.5. The largest absolute Gasteiger partial charge is 0.464 e. The third kappa shape index (κ3) is 3.28. The second kappa shape index (κ2) is 6.70. The molecule has 1 aromatic rings. The van der Waals surface area contributed by atoms with E-state index in [0.717, 1.165) is 12.8 Å². The van der Waals surface area contributed by atoms with E-state index < -0.39 is 6.04 Å². The van der Waals surface area contributed by atoms with Crippen LogP contribution in [-0.2, 0) is 9.53 Å². The summed E-state index contributed by atoms with van der Waals surface area (Å²) in [6, 6.07) is 2.69. The van der Waals surface area contributed by atoms with Gasteiger partial charge in [0.2, 0.25) is 0 Å². The highest BCUT2D eigenvalue weighted by molar-refractivity contribution is 6.29.